The van der Waals surface area contributed by atoms with Gasteiger partial charge < -0.3 is 9.47 Å². The van der Waals surface area contributed by atoms with Crippen molar-refractivity contribution in [2.24, 2.45) is 0 Å². The van der Waals surface area contributed by atoms with E-state index in [2.05, 4.69) is 0 Å². The van der Waals surface area contributed by atoms with Gasteiger partial charge in [0.05, 0.1) is 25.1 Å². The van der Waals surface area contributed by atoms with Crippen LogP contribution < -0.4 is 10.3 Å². The molecule has 0 spiro atoms. The summed E-state index contributed by atoms with van der Waals surface area (Å²) in [6.07, 6.45) is 0. The third-order valence-electron chi connectivity index (χ3n) is 4.17. The van der Waals surface area contributed by atoms with E-state index in [1.807, 2.05) is 13.8 Å². The highest BCUT2D eigenvalue weighted by atomic mass is 32.2. The second-order valence-corrected chi connectivity index (χ2v) is 8.22. The van der Waals surface area contributed by atoms with E-state index in [-0.39, 0.29) is 11.4 Å². The lowest BCUT2D eigenvalue weighted by atomic mass is 10.2. The van der Waals surface area contributed by atoms with Crippen molar-refractivity contribution in [2.75, 3.05) is 26.1 Å². The van der Waals surface area contributed by atoms with Crippen molar-refractivity contribution >= 4 is 33.3 Å². The largest absolute Gasteiger partial charge is 0.493 e. The van der Waals surface area contributed by atoms with Crippen LogP contribution in [0.4, 0.5) is 4.39 Å². The molecular weight excluding hydrogens is 387 g/mol. The monoisotopic (exact) mass is 408 g/mol. The molecule has 0 aliphatic carbocycles. The molecule has 0 N–H and O–H groups in total. The van der Waals surface area contributed by atoms with E-state index in [0.29, 0.717) is 41.8 Å². The molecule has 3 rings (SSSR count). The van der Waals surface area contributed by atoms with Crippen LogP contribution in [0.15, 0.2) is 34.2 Å². The van der Waals surface area contributed by atoms with Crippen molar-refractivity contribution in [2.45, 2.75) is 25.5 Å². The quantitative estimate of drug-likeness (QED) is 0.320. The number of methoxy groups -OCH3 is 1. The fourth-order valence-electron chi connectivity index (χ4n) is 2.62. The van der Waals surface area contributed by atoms with Crippen LogP contribution in [0.2, 0.25) is 0 Å². The molecule has 3 aromatic rings. The molecule has 0 bridgehead atoms. The van der Waals surface area contributed by atoms with Gasteiger partial charge in [0, 0.05) is 17.7 Å². The van der Waals surface area contributed by atoms with Gasteiger partial charge in [0.25, 0.3) is 5.56 Å². The predicted octanol–water partition coefficient (Wildman–Crippen LogP) is 4.03. The van der Waals surface area contributed by atoms with Gasteiger partial charge in [0.2, 0.25) is 0 Å². The number of benzene rings is 1. The van der Waals surface area contributed by atoms with Gasteiger partial charge >= 0.3 is 0 Å². The summed E-state index contributed by atoms with van der Waals surface area (Å²) in [4.78, 5) is 19.6. The highest BCUT2D eigenvalue weighted by Gasteiger charge is 2.16. The summed E-state index contributed by atoms with van der Waals surface area (Å²) in [5, 5.41) is 1.36. The van der Waals surface area contributed by atoms with Gasteiger partial charge in [-0.15, -0.1) is 11.3 Å². The Labute approximate surface area is 165 Å². The Balaban J connectivity index is 1.77. The molecule has 0 amide bonds. The zero-order valence-corrected chi connectivity index (χ0v) is 17.1. The lowest BCUT2D eigenvalue weighted by Gasteiger charge is -2.12. The van der Waals surface area contributed by atoms with Crippen LogP contribution in [0.5, 0.6) is 5.75 Å². The lowest BCUT2D eigenvalue weighted by Crippen LogP contribution is -2.25. The molecule has 0 radical (unpaired) electrons. The Bertz CT molecular complexity index is 983. The Morgan fingerprint density at radius 2 is 1.96 bits per heavy atom. The Kier molecular flexibility index (Phi) is 6.51. The van der Waals surface area contributed by atoms with E-state index in [4.69, 9.17) is 14.5 Å². The van der Waals surface area contributed by atoms with Crippen molar-refractivity contribution < 1.29 is 13.9 Å². The first-order valence-corrected chi connectivity index (χ1v) is 10.3. The summed E-state index contributed by atoms with van der Waals surface area (Å²) in [5.74, 6) is 0.936. The van der Waals surface area contributed by atoms with E-state index in [1.54, 1.807) is 35.1 Å². The fourth-order valence-corrected chi connectivity index (χ4v) is 4.53. The van der Waals surface area contributed by atoms with E-state index in [9.17, 15) is 9.18 Å². The highest BCUT2D eigenvalue weighted by Crippen LogP contribution is 2.28. The standard InChI is InChI=1S/C19H21FN2O3S2/c1-12-13(2)27-17-16(12)18(23)22(8-9-24-3)19(21-17)26-11-10-25-15-6-4-14(20)5-7-15/h4-7H,8-11H2,1-3H3. The van der Waals surface area contributed by atoms with Gasteiger partial charge in [-0.05, 0) is 43.7 Å². The summed E-state index contributed by atoms with van der Waals surface area (Å²) in [7, 11) is 1.61. The van der Waals surface area contributed by atoms with Crippen LogP contribution in [0, 0.1) is 19.7 Å². The first kappa shape index (κ1) is 19.9. The van der Waals surface area contributed by atoms with Gasteiger partial charge in [-0.1, -0.05) is 11.8 Å². The Morgan fingerprint density at radius 3 is 2.67 bits per heavy atom. The van der Waals surface area contributed by atoms with Crippen molar-refractivity contribution in [1.82, 2.24) is 9.55 Å². The summed E-state index contributed by atoms with van der Waals surface area (Å²) in [5.41, 5.74) is 0.968. The molecule has 27 heavy (non-hydrogen) atoms. The minimum atomic E-state index is -0.294. The van der Waals surface area contributed by atoms with Gasteiger partial charge in [-0.2, -0.15) is 0 Å². The molecule has 0 atom stereocenters. The summed E-state index contributed by atoms with van der Waals surface area (Å²) in [6, 6.07) is 5.91. The average molecular weight is 409 g/mol. The zero-order valence-electron chi connectivity index (χ0n) is 15.5. The molecule has 0 fully saturated rings. The third-order valence-corrected chi connectivity index (χ3v) is 6.21. The van der Waals surface area contributed by atoms with Crippen molar-refractivity contribution in [3.63, 3.8) is 0 Å². The molecule has 2 heterocycles. The number of hydrogen-bond donors (Lipinski definition) is 0. The van der Waals surface area contributed by atoms with Crippen molar-refractivity contribution in [3.8, 4) is 5.75 Å². The molecule has 5 nitrogen and oxygen atoms in total. The molecule has 0 aliphatic heterocycles. The van der Waals surface area contributed by atoms with E-state index in [0.717, 1.165) is 15.3 Å². The number of halogens is 1. The molecule has 0 unspecified atom stereocenters. The second kappa shape index (κ2) is 8.86. The van der Waals surface area contributed by atoms with Crippen LogP contribution in [-0.4, -0.2) is 35.6 Å². The number of aryl methyl sites for hydroxylation is 2. The molecule has 0 saturated carbocycles. The third kappa shape index (κ3) is 4.51. The van der Waals surface area contributed by atoms with E-state index in [1.165, 1.54) is 23.9 Å². The maximum atomic E-state index is 13.0. The minimum Gasteiger partial charge on any atom is -0.493 e. The average Bonchev–Trinajstić information content (AvgIpc) is 2.94. The Morgan fingerprint density at radius 1 is 1.22 bits per heavy atom. The summed E-state index contributed by atoms with van der Waals surface area (Å²) >= 11 is 3.01. The van der Waals surface area contributed by atoms with Crippen LogP contribution >= 0.6 is 23.1 Å². The fraction of sp³-hybridized carbons (Fsp3) is 0.368. The molecule has 144 valence electrons. The van der Waals surface area contributed by atoms with Gasteiger partial charge in [-0.25, -0.2) is 9.37 Å². The molecule has 8 heteroatoms. The summed E-state index contributed by atoms with van der Waals surface area (Å²) in [6.45, 7) is 5.28. The molecule has 1 aromatic carbocycles. The maximum absolute atomic E-state index is 13.0. The molecular formula is C19H21FN2O3S2. The van der Waals surface area contributed by atoms with Crippen LogP contribution in [0.3, 0.4) is 0 Å². The van der Waals surface area contributed by atoms with Crippen LogP contribution in [0.1, 0.15) is 10.4 Å². The van der Waals surface area contributed by atoms with Crippen LogP contribution in [-0.2, 0) is 11.3 Å². The van der Waals surface area contributed by atoms with Crippen molar-refractivity contribution in [3.05, 3.63) is 50.9 Å². The van der Waals surface area contributed by atoms with Gasteiger partial charge in [0.1, 0.15) is 16.4 Å². The minimum absolute atomic E-state index is 0.0270. The van der Waals surface area contributed by atoms with Gasteiger partial charge in [0.15, 0.2) is 5.16 Å². The number of ether oxygens (including phenoxy) is 2. The van der Waals surface area contributed by atoms with Gasteiger partial charge in [-0.3, -0.25) is 9.36 Å². The van der Waals surface area contributed by atoms with Crippen LogP contribution in [0.25, 0.3) is 10.2 Å². The first-order valence-electron chi connectivity index (χ1n) is 8.52. The number of hydrogen-bond acceptors (Lipinski definition) is 6. The van der Waals surface area contributed by atoms with E-state index < -0.39 is 0 Å². The highest BCUT2D eigenvalue weighted by molar-refractivity contribution is 7.99. The normalized spacial score (nSPS) is 11.3. The topological polar surface area (TPSA) is 53.4 Å². The molecule has 0 aliphatic rings. The number of aromatic nitrogens is 2. The SMILES string of the molecule is COCCn1c(SCCOc2ccc(F)cc2)nc2sc(C)c(C)c2c1=O. The number of fused-ring (bicyclic) bond motifs is 1. The smallest absolute Gasteiger partial charge is 0.263 e. The number of rotatable bonds is 8. The second-order valence-electron chi connectivity index (χ2n) is 5.96. The maximum Gasteiger partial charge on any atom is 0.263 e. The zero-order chi connectivity index (χ0) is 19.4. The lowest BCUT2D eigenvalue weighted by molar-refractivity contribution is 0.183. The number of nitrogens with zero attached hydrogens (tertiary/aromatic N) is 2. The number of thiophene rings is 1. The first-order chi connectivity index (χ1) is 13.0. The molecule has 2 aromatic heterocycles. The van der Waals surface area contributed by atoms with Crippen molar-refractivity contribution in [1.29, 1.82) is 0 Å². The number of thioether (sulfide) groups is 1. The molecule has 0 saturated heterocycles. The van der Waals surface area contributed by atoms with E-state index >= 15 is 0 Å². The Hall–Kier alpha value is -1.90. The predicted molar refractivity (Wildman–Crippen MR) is 108 cm³/mol. The summed E-state index contributed by atoms with van der Waals surface area (Å²) < 4.78 is 25.4.